The van der Waals surface area contributed by atoms with Gasteiger partial charge in [0.25, 0.3) is 0 Å². The average molecular weight is 260 g/mol. The Hall–Kier alpha value is -1.19. The molecule has 2 rings (SSSR count). The van der Waals surface area contributed by atoms with Gasteiger partial charge in [0.05, 0.1) is 5.69 Å². The van der Waals surface area contributed by atoms with Crippen molar-refractivity contribution in [2.75, 3.05) is 6.54 Å². The highest BCUT2D eigenvalue weighted by molar-refractivity contribution is 7.13. The van der Waals surface area contributed by atoms with E-state index in [1.807, 2.05) is 0 Å². The molecule has 1 aromatic heterocycles. The van der Waals surface area contributed by atoms with E-state index in [0.29, 0.717) is 12.5 Å². The van der Waals surface area contributed by atoms with Crippen LogP contribution in [0.1, 0.15) is 25.1 Å². The molecule has 2 aromatic rings. The molecule has 0 bridgehead atoms. The number of thiazole rings is 1. The number of hydrogen-bond donors (Lipinski definition) is 1. The van der Waals surface area contributed by atoms with Crippen LogP contribution < -0.4 is 5.73 Å². The smallest absolute Gasteiger partial charge is 0.123 e. The first kappa shape index (κ1) is 13.2. The van der Waals surface area contributed by atoms with Crippen LogP contribution in [0.15, 0.2) is 29.6 Å². The maximum atomic E-state index is 5.54. The van der Waals surface area contributed by atoms with Crippen LogP contribution in [0.4, 0.5) is 0 Å². The maximum Gasteiger partial charge on any atom is 0.123 e. The van der Waals surface area contributed by atoms with Crippen molar-refractivity contribution in [3.63, 3.8) is 0 Å². The van der Waals surface area contributed by atoms with Gasteiger partial charge < -0.3 is 5.73 Å². The minimum Gasteiger partial charge on any atom is -0.330 e. The summed E-state index contributed by atoms with van der Waals surface area (Å²) < 4.78 is 0. The number of rotatable bonds is 5. The molecule has 0 aliphatic heterocycles. The number of nitrogens with two attached hydrogens (primary N) is 1. The Morgan fingerprint density at radius 3 is 2.56 bits per heavy atom. The Morgan fingerprint density at radius 1 is 1.22 bits per heavy atom. The summed E-state index contributed by atoms with van der Waals surface area (Å²) in [4.78, 5) is 4.60. The van der Waals surface area contributed by atoms with Crippen molar-refractivity contribution in [3.05, 3.63) is 40.9 Å². The van der Waals surface area contributed by atoms with E-state index >= 15 is 0 Å². The second-order valence-corrected chi connectivity index (χ2v) is 5.84. The van der Waals surface area contributed by atoms with Crippen molar-refractivity contribution in [1.29, 1.82) is 0 Å². The Morgan fingerprint density at radius 2 is 1.94 bits per heavy atom. The molecule has 18 heavy (non-hydrogen) atoms. The van der Waals surface area contributed by atoms with Gasteiger partial charge in [0.1, 0.15) is 5.01 Å². The van der Waals surface area contributed by atoms with Crippen LogP contribution in [0, 0.1) is 5.92 Å². The van der Waals surface area contributed by atoms with E-state index in [4.69, 9.17) is 5.73 Å². The van der Waals surface area contributed by atoms with Gasteiger partial charge >= 0.3 is 0 Å². The molecular formula is C15H20N2S. The third-order valence-electron chi connectivity index (χ3n) is 2.80. The summed E-state index contributed by atoms with van der Waals surface area (Å²) in [5, 5.41) is 3.19. The van der Waals surface area contributed by atoms with E-state index in [0.717, 1.165) is 23.5 Å². The average Bonchev–Trinajstić information content (AvgIpc) is 2.78. The summed E-state index contributed by atoms with van der Waals surface area (Å²) in [5.74, 6) is 0.701. The van der Waals surface area contributed by atoms with E-state index in [1.165, 1.54) is 11.1 Å². The molecule has 0 saturated heterocycles. The van der Waals surface area contributed by atoms with Gasteiger partial charge in [-0.3, -0.25) is 0 Å². The number of hydrogen-bond acceptors (Lipinski definition) is 3. The summed E-state index contributed by atoms with van der Waals surface area (Å²) in [7, 11) is 0. The van der Waals surface area contributed by atoms with Crippen LogP contribution in [-0.2, 0) is 12.8 Å². The normalized spacial score (nSPS) is 11.1. The molecule has 96 valence electrons. The minimum absolute atomic E-state index is 0.663. The fourth-order valence-corrected chi connectivity index (χ4v) is 2.82. The predicted octanol–water partition coefficient (Wildman–Crippen LogP) is 3.51. The molecule has 0 atom stereocenters. The first-order valence-corrected chi connectivity index (χ1v) is 7.31. The first-order valence-electron chi connectivity index (χ1n) is 6.43. The zero-order valence-corrected chi connectivity index (χ0v) is 11.8. The highest BCUT2D eigenvalue weighted by atomic mass is 32.1. The molecule has 0 amide bonds. The Labute approximate surface area is 113 Å². The third-order valence-corrected chi connectivity index (χ3v) is 3.74. The van der Waals surface area contributed by atoms with Gasteiger partial charge in [-0.2, -0.15) is 0 Å². The van der Waals surface area contributed by atoms with Crippen LogP contribution in [-0.4, -0.2) is 11.5 Å². The Kier molecular flexibility index (Phi) is 4.50. The summed E-state index contributed by atoms with van der Waals surface area (Å²) in [6, 6.07) is 8.75. The monoisotopic (exact) mass is 260 g/mol. The quantitative estimate of drug-likeness (QED) is 0.893. The Bertz CT molecular complexity index is 485. The van der Waals surface area contributed by atoms with Crippen molar-refractivity contribution in [2.45, 2.75) is 26.7 Å². The van der Waals surface area contributed by atoms with Crippen LogP contribution in [0.2, 0.25) is 0 Å². The lowest BCUT2D eigenvalue weighted by Gasteiger charge is -2.05. The summed E-state index contributed by atoms with van der Waals surface area (Å²) in [5.41, 5.74) is 9.24. The molecule has 0 radical (unpaired) electrons. The number of benzene rings is 1. The van der Waals surface area contributed by atoms with Crippen molar-refractivity contribution in [2.24, 2.45) is 11.7 Å². The summed E-state index contributed by atoms with van der Waals surface area (Å²) in [6.07, 6.45) is 2.00. The lowest BCUT2D eigenvalue weighted by atomic mass is 10.0. The molecule has 1 heterocycles. The summed E-state index contributed by atoms with van der Waals surface area (Å²) in [6.45, 7) is 5.15. The lowest BCUT2D eigenvalue weighted by molar-refractivity contribution is 0.647. The third kappa shape index (κ3) is 3.40. The maximum absolute atomic E-state index is 5.54. The molecule has 2 N–H and O–H groups in total. The summed E-state index contributed by atoms with van der Waals surface area (Å²) >= 11 is 1.70. The van der Waals surface area contributed by atoms with Gasteiger partial charge in [-0.05, 0) is 24.4 Å². The molecule has 0 aliphatic carbocycles. The Balaban J connectivity index is 2.12. The van der Waals surface area contributed by atoms with E-state index in [1.54, 1.807) is 11.3 Å². The van der Waals surface area contributed by atoms with E-state index in [2.05, 4.69) is 48.5 Å². The van der Waals surface area contributed by atoms with Gasteiger partial charge in [-0.15, -0.1) is 11.3 Å². The van der Waals surface area contributed by atoms with Crippen LogP contribution in [0.3, 0.4) is 0 Å². The standard InChI is InChI=1S/C15H20N2S/c1-11(2)9-12-3-5-13(6-4-12)15-17-14(7-8-16)10-18-15/h3-6,10-11H,7-9,16H2,1-2H3. The van der Waals surface area contributed by atoms with Gasteiger partial charge in [-0.25, -0.2) is 4.98 Å². The molecule has 0 fully saturated rings. The van der Waals surface area contributed by atoms with Gasteiger partial charge in [0, 0.05) is 17.4 Å². The molecule has 0 unspecified atom stereocenters. The van der Waals surface area contributed by atoms with E-state index < -0.39 is 0 Å². The van der Waals surface area contributed by atoms with Crippen LogP contribution in [0.25, 0.3) is 10.6 Å². The topological polar surface area (TPSA) is 38.9 Å². The fourth-order valence-electron chi connectivity index (χ4n) is 1.96. The highest BCUT2D eigenvalue weighted by Crippen LogP contribution is 2.24. The number of aromatic nitrogens is 1. The van der Waals surface area contributed by atoms with Gasteiger partial charge in [0.2, 0.25) is 0 Å². The molecule has 0 spiro atoms. The second kappa shape index (κ2) is 6.12. The van der Waals surface area contributed by atoms with Crippen molar-refractivity contribution in [3.8, 4) is 10.6 Å². The van der Waals surface area contributed by atoms with Crippen LogP contribution in [0.5, 0.6) is 0 Å². The van der Waals surface area contributed by atoms with E-state index in [-0.39, 0.29) is 0 Å². The molecular weight excluding hydrogens is 240 g/mol. The van der Waals surface area contributed by atoms with Crippen molar-refractivity contribution < 1.29 is 0 Å². The van der Waals surface area contributed by atoms with E-state index in [9.17, 15) is 0 Å². The SMILES string of the molecule is CC(C)Cc1ccc(-c2nc(CCN)cs2)cc1. The highest BCUT2D eigenvalue weighted by Gasteiger charge is 2.05. The zero-order valence-electron chi connectivity index (χ0n) is 11.0. The lowest BCUT2D eigenvalue weighted by Crippen LogP contribution is -2.02. The predicted molar refractivity (Wildman–Crippen MR) is 78.9 cm³/mol. The largest absolute Gasteiger partial charge is 0.330 e. The molecule has 3 heteroatoms. The first-order chi connectivity index (χ1) is 8.69. The molecule has 1 aromatic carbocycles. The minimum atomic E-state index is 0.663. The zero-order chi connectivity index (χ0) is 13.0. The molecule has 0 saturated carbocycles. The second-order valence-electron chi connectivity index (χ2n) is 4.98. The van der Waals surface area contributed by atoms with Crippen LogP contribution >= 0.6 is 11.3 Å². The fraction of sp³-hybridized carbons (Fsp3) is 0.400. The molecule has 0 aliphatic rings. The van der Waals surface area contributed by atoms with Crippen molar-refractivity contribution in [1.82, 2.24) is 4.98 Å². The van der Waals surface area contributed by atoms with Crippen molar-refractivity contribution >= 4 is 11.3 Å². The van der Waals surface area contributed by atoms with Gasteiger partial charge in [0.15, 0.2) is 0 Å². The molecule has 2 nitrogen and oxygen atoms in total. The van der Waals surface area contributed by atoms with Gasteiger partial charge in [-0.1, -0.05) is 38.1 Å². The number of nitrogens with zero attached hydrogens (tertiary/aromatic N) is 1.